The van der Waals surface area contributed by atoms with Crippen LogP contribution in [-0.4, -0.2) is 48.9 Å². The molecule has 1 N–H and O–H groups in total. The van der Waals surface area contributed by atoms with Gasteiger partial charge in [0.1, 0.15) is 12.3 Å². The maximum atomic E-state index is 12.7. The molecule has 0 spiro atoms. The van der Waals surface area contributed by atoms with Crippen LogP contribution in [0.4, 0.5) is 11.4 Å². The molecular formula is C23H25N3O4. The number of piperidine rings is 1. The second kappa shape index (κ2) is 8.57. The first-order chi connectivity index (χ1) is 14.5. The lowest BCUT2D eigenvalue weighted by molar-refractivity contribution is -0.132. The lowest BCUT2D eigenvalue weighted by atomic mass is 10.1. The van der Waals surface area contributed by atoms with E-state index in [4.69, 9.17) is 4.74 Å². The van der Waals surface area contributed by atoms with Gasteiger partial charge in [0.05, 0.1) is 5.69 Å². The monoisotopic (exact) mass is 407 g/mol. The Bertz CT molecular complexity index is 982. The SMILES string of the molecule is Cc1ccccc1C(=O)Nc1ccc2c(c1)N(CC(=O)N1CCCCC1)C(=O)CO2. The number of aryl methyl sites for hydroxylation is 1. The van der Waals surface area contributed by atoms with Gasteiger partial charge in [-0.3, -0.25) is 19.3 Å². The van der Waals surface area contributed by atoms with Crippen LogP contribution >= 0.6 is 0 Å². The largest absolute Gasteiger partial charge is 0.482 e. The van der Waals surface area contributed by atoms with Gasteiger partial charge < -0.3 is 15.0 Å². The van der Waals surface area contributed by atoms with E-state index in [1.807, 2.05) is 30.0 Å². The fourth-order valence-electron chi connectivity index (χ4n) is 3.86. The van der Waals surface area contributed by atoms with Crippen molar-refractivity contribution in [3.05, 3.63) is 53.6 Å². The Morgan fingerprint density at radius 1 is 1.07 bits per heavy atom. The number of amides is 3. The number of hydrogen-bond donors (Lipinski definition) is 1. The number of anilines is 2. The van der Waals surface area contributed by atoms with Gasteiger partial charge >= 0.3 is 0 Å². The zero-order valence-corrected chi connectivity index (χ0v) is 17.0. The summed E-state index contributed by atoms with van der Waals surface area (Å²) in [5.74, 6) is -0.0394. The molecule has 2 aromatic carbocycles. The average molecular weight is 407 g/mol. The summed E-state index contributed by atoms with van der Waals surface area (Å²) < 4.78 is 5.53. The minimum absolute atomic E-state index is 0.0234. The summed E-state index contributed by atoms with van der Waals surface area (Å²) in [5.41, 5.74) is 2.50. The Balaban J connectivity index is 1.54. The summed E-state index contributed by atoms with van der Waals surface area (Å²) in [4.78, 5) is 41.2. The minimum atomic E-state index is -0.268. The number of hydrogen-bond acceptors (Lipinski definition) is 4. The molecule has 3 amide bonds. The summed E-state index contributed by atoms with van der Waals surface area (Å²) >= 11 is 0. The summed E-state index contributed by atoms with van der Waals surface area (Å²) in [6.07, 6.45) is 3.12. The van der Waals surface area contributed by atoms with E-state index in [2.05, 4.69) is 5.32 Å². The van der Waals surface area contributed by atoms with Crippen LogP contribution in [0.25, 0.3) is 0 Å². The minimum Gasteiger partial charge on any atom is -0.482 e. The lowest BCUT2D eigenvalue weighted by Crippen LogP contribution is -2.47. The molecule has 0 saturated carbocycles. The van der Waals surface area contributed by atoms with Crippen LogP contribution in [0, 0.1) is 6.92 Å². The maximum absolute atomic E-state index is 12.7. The van der Waals surface area contributed by atoms with Gasteiger partial charge in [0.25, 0.3) is 11.8 Å². The zero-order chi connectivity index (χ0) is 21.1. The van der Waals surface area contributed by atoms with Crippen molar-refractivity contribution in [2.75, 3.05) is 36.5 Å². The average Bonchev–Trinajstić information content (AvgIpc) is 2.76. The van der Waals surface area contributed by atoms with Crippen LogP contribution in [-0.2, 0) is 9.59 Å². The quantitative estimate of drug-likeness (QED) is 0.845. The summed E-state index contributed by atoms with van der Waals surface area (Å²) in [6.45, 7) is 3.22. The van der Waals surface area contributed by atoms with Gasteiger partial charge in [-0.2, -0.15) is 0 Å². The Hall–Kier alpha value is -3.35. The molecule has 0 aliphatic carbocycles. The second-order valence-electron chi connectivity index (χ2n) is 7.66. The third-order valence-corrected chi connectivity index (χ3v) is 5.55. The first kappa shape index (κ1) is 19.9. The van der Waals surface area contributed by atoms with Crippen molar-refractivity contribution in [3.8, 4) is 5.75 Å². The molecule has 4 rings (SSSR count). The van der Waals surface area contributed by atoms with Gasteiger partial charge in [-0.05, 0) is 56.0 Å². The molecule has 2 aromatic rings. The molecule has 2 aliphatic rings. The van der Waals surface area contributed by atoms with Gasteiger partial charge in [0.15, 0.2) is 6.61 Å². The van der Waals surface area contributed by atoms with Gasteiger partial charge in [-0.1, -0.05) is 18.2 Å². The fraction of sp³-hybridized carbons (Fsp3) is 0.348. The van der Waals surface area contributed by atoms with Crippen LogP contribution < -0.4 is 15.0 Å². The number of nitrogens with zero attached hydrogens (tertiary/aromatic N) is 2. The van der Waals surface area contributed by atoms with Crippen molar-refractivity contribution >= 4 is 29.1 Å². The Kier molecular flexibility index (Phi) is 5.70. The molecule has 2 aliphatic heterocycles. The highest BCUT2D eigenvalue weighted by atomic mass is 16.5. The molecule has 1 saturated heterocycles. The number of rotatable bonds is 4. The molecule has 1 fully saturated rings. The van der Waals surface area contributed by atoms with Gasteiger partial charge in [0.2, 0.25) is 5.91 Å². The Morgan fingerprint density at radius 3 is 2.60 bits per heavy atom. The summed E-state index contributed by atoms with van der Waals surface area (Å²) in [6, 6.07) is 12.5. The number of fused-ring (bicyclic) bond motifs is 1. The van der Waals surface area contributed by atoms with Crippen molar-refractivity contribution in [1.29, 1.82) is 0 Å². The van der Waals surface area contributed by atoms with E-state index in [0.717, 1.165) is 37.9 Å². The highest BCUT2D eigenvalue weighted by molar-refractivity contribution is 6.07. The van der Waals surface area contributed by atoms with Gasteiger partial charge in [-0.25, -0.2) is 0 Å². The molecule has 0 aromatic heterocycles. The molecule has 0 bridgehead atoms. The number of carbonyl (C=O) groups is 3. The van der Waals surface area contributed by atoms with Crippen LogP contribution in [0.5, 0.6) is 5.75 Å². The smallest absolute Gasteiger partial charge is 0.265 e. The molecule has 7 nitrogen and oxygen atoms in total. The van der Waals surface area contributed by atoms with Crippen molar-refractivity contribution < 1.29 is 19.1 Å². The van der Waals surface area contributed by atoms with E-state index in [1.54, 1.807) is 24.3 Å². The van der Waals surface area contributed by atoms with Crippen molar-refractivity contribution in [2.24, 2.45) is 0 Å². The van der Waals surface area contributed by atoms with Crippen molar-refractivity contribution in [2.45, 2.75) is 26.2 Å². The topological polar surface area (TPSA) is 79.0 Å². The predicted octanol–water partition coefficient (Wildman–Crippen LogP) is 2.99. The zero-order valence-electron chi connectivity index (χ0n) is 17.0. The number of benzene rings is 2. The Labute approximate surface area is 175 Å². The van der Waals surface area contributed by atoms with Crippen LogP contribution in [0.3, 0.4) is 0 Å². The van der Waals surface area contributed by atoms with Gasteiger partial charge in [-0.15, -0.1) is 0 Å². The molecule has 30 heavy (non-hydrogen) atoms. The lowest BCUT2D eigenvalue weighted by Gasteiger charge is -2.33. The molecule has 0 atom stereocenters. The van der Waals surface area contributed by atoms with Crippen molar-refractivity contribution in [1.82, 2.24) is 4.90 Å². The highest BCUT2D eigenvalue weighted by Crippen LogP contribution is 2.35. The van der Waals surface area contributed by atoms with Crippen LogP contribution in [0.2, 0.25) is 0 Å². The van der Waals surface area contributed by atoms with E-state index in [-0.39, 0.29) is 30.9 Å². The number of nitrogens with one attached hydrogen (secondary N) is 1. The molecule has 7 heteroatoms. The van der Waals surface area contributed by atoms with E-state index in [0.29, 0.717) is 22.7 Å². The molecule has 0 radical (unpaired) electrons. The fourth-order valence-corrected chi connectivity index (χ4v) is 3.86. The Morgan fingerprint density at radius 2 is 1.83 bits per heavy atom. The number of ether oxygens (including phenoxy) is 1. The predicted molar refractivity (Wildman–Crippen MR) is 114 cm³/mol. The number of carbonyl (C=O) groups excluding carboxylic acids is 3. The second-order valence-corrected chi connectivity index (χ2v) is 7.66. The molecule has 0 unspecified atom stereocenters. The van der Waals surface area contributed by atoms with Gasteiger partial charge in [0, 0.05) is 24.3 Å². The maximum Gasteiger partial charge on any atom is 0.265 e. The normalized spacial score (nSPS) is 16.0. The third kappa shape index (κ3) is 4.15. The molecular weight excluding hydrogens is 382 g/mol. The summed E-state index contributed by atoms with van der Waals surface area (Å²) in [7, 11) is 0. The number of likely N-dealkylation sites (tertiary alicyclic amines) is 1. The van der Waals surface area contributed by atoms with E-state index >= 15 is 0 Å². The van der Waals surface area contributed by atoms with E-state index in [9.17, 15) is 14.4 Å². The first-order valence-corrected chi connectivity index (χ1v) is 10.2. The van der Waals surface area contributed by atoms with Crippen LogP contribution in [0.15, 0.2) is 42.5 Å². The third-order valence-electron chi connectivity index (χ3n) is 5.55. The first-order valence-electron chi connectivity index (χ1n) is 10.2. The standard InChI is InChI=1S/C23H25N3O4/c1-16-7-3-4-8-18(16)23(29)24-17-9-10-20-19(13-17)26(22(28)15-30-20)14-21(27)25-11-5-2-6-12-25/h3-4,7-10,13H,2,5-6,11-12,14-15H2,1H3,(H,24,29). The highest BCUT2D eigenvalue weighted by Gasteiger charge is 2.29. The van der Waals surface area contributed by atoms with Crippen LogP contribution in [0.1, 0.15) is 35.2 Å². The van der Waals surface area contributed by atoms with E-state index < -0.39 is 0 Å². The van der Waals surface area contributed by atoms with Crippen molar-refractivity contribution in [3.63, 3.8) is 0 Å². The summed E-state index contributed by atoms with van der Waals surface area (Å²) in [5, 5.41) is 2.87. The molecule has 156 valence electrons. The molecule has 2 heterocycles. The van der Waals surface area contributed by atoms with E-state index in [1.165, 1.54) is 4.90 Å².